The molecule has 3 rings (SSSR count). The van der Waals surface area contributed by atoms with E-state index in [1.807, 2.05) is 18.2 Å². The minimum Gasteiger partial charge on any atom is -0.396 e. The predicted molar refractivity (Wildman–Crippen MR) is 77.7 cm³/mol. The quantitative estimate of drug-likeness (QED) is 0.877. The number of hydrogen-bond donors (Lipinski definition) is 2. The number of aliphatic hydroxyl groups is 1. The van der Waals surface area contributed by atoms with Gasteiger partial charge >= 0.3 is 0 Å². The number of anilines is 1. The molecule has 0 spiro atoms. The van der Waals surface area contributed by atoms with Crippen LogP contribution in [0.4, 0.5) is 5.69 Å². The van der Waals surface area contributed by atoms with Gasteiger partial charge in [-0.25, -0.2) is 0 Å². The van der Waals surface area contributed by atoms with E-state index in [2.05, 4.69) is 19.0 Å². The van der Waals surface area contributed by atoms with Crippen molar-refractivity contribution in [3.8, 4) is 0 Å². The SMILES string of the molecule is O=C(CN1CCC(CO)C1)Nc1cccc2nsnc12. The van der Waals surface area contributed by atoms with Gasteiger partial charge in [-0.15, -0.1) is 0 Å². The van der Waals surface area contributed by atoms with E-state index in [-0.39, 0.29) is 12.5 Å². The highest BCUT2D eigenvalue weighted by atomic mass is 32.1. The van der Waals surface area contributed by atoms with E-state index in [0.29, 0.717) is 18.2 Å². The van der Waals surface area contributed by atoms with Gasteiger partial charge in [0.25, 0.3) is 0 Å². The number of rotatable bonds is 4. The van der Waals surface area contributed by atoms with Gasteiger partial charge in [0, 0.05) is 13.2 Å². The minimum atomic E-state index is -0.0518. The van der Waals surface area contributed by atoms with Gasteiger partial charge in [-0.3, -0.25) is 9.69 Å². The Balaban J connectivity index is 1.63. The third-order valence-corrected chi connectivity index (χ3v) is 4.10. The number of carbonyl (C=O) groups is 1. The number of carbonyl (C=O) groups excluding carboxylic acids is 1. The topological polar surface area (TPSA) is 78.4 Å². The summed E-state index contributed by atoms with van der Waals surface area (Å²) in [5.41, 5.74) is 2.24. The van der Waals surface area contributed by atoms with E-state index in [4.69, 9.17) is 5.11 Å². The Labute approximate surface area is 120 Å². The van der Waals surface area contributed by atoms with Gasteiger partial charge in [-0.2, -0.15) is 8.75 Å². The minimum absolute atomic E-state index is 0.0518. The van der Waals surface area contributed by atoms with Crippen LogP contribution in [-0.4, -0.2) is 50.9 Å². The second-order valence-corrected chi connectivity index (χ2v) is 5.59. The van der Waals surface area contributed by atoms with Crippen LogP contribution in [0.5, 0.6) is 0 Å². The first kappa shape index (κ1) is 13.4. The zero-order valence-electron chi connectivity index (χ0n) is 11.0. The van der Waals surface area contributed by atoms with E-state index in [1.54, 1.807) is 0 Å². The molecule has 2 N–H and O–H groups in total. The van der Waals surface area contributed by atoms with Crippen molar-refractivity contribution in [2.75, 3.05) is 31.6 Å². The standard InChI is InChI=1S/C13H16N4O2S/c18-8-9-4-5-17(6-9)7-12(19)14-10-2-1-3-11-13(10)16-20-15-11/h1-3,9,18H,4-8H2,(H,14,19). The number of nitrogens with one attached hydrogen (secondary N) is 1. The lowest BCUT2D eigenvalue weighted by atomic mass is 10.1. The molecule has 1 amide bonds. The molecule has 2 heterocycles. The van der Waals surface area contributed by atoms with Gasteiger partial charge in [0.2, 0.25) is 5.91 Å². The second-order valence-electron chi connectivity index (χ2n) is 5.06. The average molecular weight is 292 g/mol. The number of fused-ring (bicyclic) bond motifs is 1. The molecule has 20 heavy (non-hydrogen) atoms. The van der Waals surface area contributed by atoms with Crippen molar-refractivity contribution >= 4 is 34.4 Å². The first-order valence-electron chi connectivity index (χ1n) is 6.60. The molecule has 106 valence electrons. The highest BCUT2D eigenvalue weighted by molar-refractivity contribution is 7.00. The molecule has 6 nitrogen and oxygen atoms in total. The van der Waals surface area contributed by atoms with Crippen LogP contribution in [0.3, 0.4) is 0 Å². The Morgan fingerprint density at radius 3 is 3.20 bits per heavy atom. The van der Waals surface area contributed by atoms with Gasteiger partial charge in [0.1, 0.15) is 11.0 Å². The van der Waals surface area contributed by atoms with Crippen molar-refractivity contribution in [2.45, 2.75) is 6.42 Å². The number of amides is 1. The lowest BCUT2D eigenvalue weighted by Gasteiger charge is -2.15. The second kappa shape index (κ2) is 5.82. The molecule has 1 aliphatic rings. The summed E-state index contributed by atoms with van der Waals surface area (Å²) < 4.78 is 8.35. The van der Waals surface area contributed by atoms with Crippen LogP contribution in [-0.2, 0) is 4.79 Å². The molecule has 1 fully saturated rings. The summed E-state index contributed by atoms with van der Waals surface area (Å²) in [7, 11) is 0. The van der Waals surface area contributed by atoms with Crippen LogP contribution in [0.2, 0.25) is 0 Å². The number of aromatic nitrogens is 2. The maximum atomic E-state index is 12.1. The third kappa shape index (κ3) is 2.79. The highest BCUT2D eigenvalue weighted by Gasteiger charge is 2.23. The van der Waals surface area contributed by atoms with Crippen molar-refractivity contribution in [1.29, 1.82) is 0 Å². The summed E-state index contributed by atoms with van der Waals surface area (Å²) in [6.07, 6.45) is 0.954. The molecule has 7 heteroatoms. The number of aliphatic hydroxyl groups excluding tert-OH is 1. The van der Waals surface area contributed by atoms with Crippen molar-refractivity contribution in [1.82, 2.24) is 13.6 Å². The monoisotopic (exact) mass is 292 g/mol. The molecule has 0 saturated carbocycles. The molecular weight excluding hydrogens is 276 g/mol. The lowest BCUT2D eigenvalue weighted by molar-refractivity contribution is -0.117. The van der Waals surface area contributed by atoms with Crippen LogP contribution in [0, 0.1) is 5.92 Å². The molecule has 1 aromatic carbocycles. The van der Waals surface area contributed by atoms with Crippen LogP contribution < -0.4 is 5.32 Å². The van der Waals surface area contributed by atoms with Crippen LogP contribution in [0.25, 0.3) is 11.0 Å². The van der Waals surface area contributed by atoms with Crippen molar-refractivity contribution < 1.29 is 9.90 Å². The highest BCUT2D eigenvalue weighted by Crippen LogP contribution is 2.21. The maximum absolute atomic E-state index is 12.1. The summed E-state index contributed by atoms with van der Waals surface area (Å²) in [6.45, 7) is 2.19. The summed E-state index contributed by atoms with van der Waals surface area (Å²) in [5.74, 6) is 0.248. The van der Waals surface area contributed by atoms with E-state index in [0.717, 1.165) is 42.3 Å². The van der Waals surface area contributed by atoms with E-state index in [1.165, 1.54) is 0 Å². The first-order valence-corrected chi connectivity index (χ1v) is 7.33. The Hall–Kier alpha value is -1.57. The first-order chi connectivity index (χ1) is 9.76. The molecule has 0 radical (unpaired) electrons. The molecule has 0 aliphatic carbocycles. The van der Waals surface area contributed by atoms with E-state index < -0.39 is 0 Å². The molecule has 1 aliphatic heterocycles. The van der Waals surface area contributed by atoms with Gasteiger partial charge < -0.3 is 10.4 Å². The van der Waals surface area contributed by atoms with Crippen molar-refractivity contribution in [3.05, 3.63) is 18.2 Å². The Morgan fingerprint density at radius 2 is 2.40 bits per heavy atom. The summed E-state index contributed by atoms with van der Waals surface area (Å²) in [5, 5.41) is 12.0. The zero-order valence-corrected chi connectivity index (χ0v) is 11.8. The average Bonchev–Trinajstić information content (AvgIpc) is 3.07. The molecule has 1 saturated heterocycles. The van der Waals surface area contributed by atoms with Gasteiger partial charge in [0.15, 0.2) is 0 Å². The fourth-order valence-corrected chi connectivity index (χ4v) is 3.05. The van der Waals surface area contributed by atoms with E-state index in [9.17, 15) is 4.79 Å². The van der Waals surface area contributed by atoms with Crippen LogP contribution in [0.15, 0.2) is 18.2 Å². The lowest BCUT2D eigenvalue weighted by Crippen LogP contribution is -2.31. The fraction of sp³-hybridized carbons (Fsp3) is 0.462. The van der Waals surface area contributed by atoms with Crippen LogP contribution in [0.1, 0.15) is 6.42 Å². The maximum Gasteiger partial charge on any atom is 0.238 e. The molecule has 2 aromatic rings. The third-order valence-electron chi connectivity index (χ3n) is 3.56. The zero-order chi connectivity index (χ0) is 13.9. The van der Waals surface area contributed by atoms with Crippen LogP contribution >= 0.6 is 11.7 Å². The number of benzene rings is 1. The summed E-state index contributed by atoms with van der Waals surface area (Å²) in [6, 6.07) is 5.57. The molecule has 1 unspecified atom stereocenters. The normalized spacial score (nSPS) is 19.6. The predicted octanol–water partition coefficient (Wildman–Crippen LogP) is 0.944. The molecular formula is C13H16N4O2S. The van der Waals surface area contributed by atoms with Gasteiger partial charge in [-0.1, -0.05) is 6.07 Å². The summed E-state index contributed by atoms with van der Waals surface area (Å²) >= 11 is 1.14. The smallest absolute Gasteiger partial charge is 0.238 e. The van der Waals surface area contributed by atoms with Crippen molar-refractivity contribution in [2.24, 2.45) is 5.92 Å². The molecule has 1 aromatic heterocycles. The summed E-state index contributed by atoms with van der Waals surface area (Å²) in [4.78, 5) is 14.1. The van der Waals surface area contributed by atoms with Gasteiger partial charge in [-0.05, 0) is 31.0 Å². The van der Waals surface area contributed by atoms with E-state index >= 15 is 0 Å². The Bertz CT molecular complexity index is 615. The Morgan fingerprint density at radius 1 is 1.50 bits per heavy atom. The van der Waals surface area contributed by atoms with Gasteiger partial charge in [0.05, 0.1) is 24.0 Å². The number of nitrogens with zero attached hydrogens (tertiary/aromatic N) is 3. The van der Waals surface area contributed by atoms with Crippen molar-refractivity contribution in [3.63, 3.8) is 0 Å². The number of likely N-dealkylation sites (tertiary alicyclic amines) is 1. The molecule has 0 bridgehead atoms. The number of hydrogen-bond acceptors (Lipinski definition) is 6. The molecule has 1 atom stereocenters. The largest absolute Gasteiger partial charge is 0.396 e. The fourth-order valence-electron chi connectivity index (χ4n) is 2.51. The Kier molecular flexibility index (Phi) is 3.90.